The van der Waals surface area contributed by atoms with Crippen LogP contribution in [-0.4, -0.2) is 32.9 Å². The standard InChI is InChI=1S/C29H27FN4O/c30-26-16-22(15-25-28(26)31-18-32-29(25)33-23-9-10-23)21-8-4-7-20(13-21)17-34(24-11-12-24)27(35)14-19-5-2-1-3-6-19/h1-8,13,15-16,18,23-24H,9-12,14,17H2,(H,31,32,33). The van der Waals surface area contributed by atoms with Gasteiger partial charge in [-0.2, -0.15) is 0 Å². The molecule has 0 saturated heterocycles. The first kappa shape index (κ1) is 21.7. The van der Waals surface area contributed by atoms with E-state index in [1.165, 1.54) is 12.4 Å². The van der Waals surface area contributed by atoms with Crippen molar-refractivity contribution in [2.75, 3.05) is 5.32 Å². The summed E-state index contributed by atoms with van der Waals surface area (Å²) in [5, 5.41) is 4.08. The number of halogens is 1. The molecule has 3 aromatic carbocycles. The van der Waals surface area contributed by atoms with Gasteiger partial charge in [0.25, 0.3) is 0 Å². The monoisotopic (exact) mass is 466 g/mol. The molecule has 5 nitrogen and oxygen atoms in total. The van der Waals surface area contributed by atoms with Crippen LogP contribution in [0.1, 0.15) is 36.8 Å². The summed E-state index contributed by atoms with van der Waals surface area (Å²) in [6.07, 6.45) is 6.13. The molecule has 6 rings (SSSR count). The molecule has 1 amide bonds. The highest BCUT2D eigenvalue weighted by molar-refractivity contribution is 5.93. The number of carbonyl (C=O) groups excluding carboxylic acids is 1. The molecule has 1 N–H and O–H groups in total. The summed E-state index contributed by atoms with van der Waals surface area (Å²) < 4.78 is 15.0. The average Bonchev–Trinajstić information content (AvgIpc) is 3.79. The Morgan fingerprint density at radius 2 is 1.71 bits per heavy atom. The number of hydrogen-bond donors (Lipinski definition) is 1. The normalized spacial score (nSPS) is 15.2. The Balaban J connectivity index is 1.28. The quantitative estimate of drug-likeness (QED) is 0.360. The topological polar surface area (TPSA) is 58.1 Å². The summed E-state index contributed by atoms with van der Waals surface area (Å²) in [5.41, 5.74) is 4.09. The zero-order valence-corrected chi connectivity index (χ0v) is 19.5. The number of anilines is 1. The largest absolute Gasteiger partial charge is 0.367 e. The van der Waals surface area contributed by atoms with Gasteiger partial charge in [-0.05, 0) is 66.1 Å². The van der Waals surface area contributed by atoms with Crippen LogP contribution in [0, 0.1) is 5.82 Å². The van der Waals surface area contributed by atoms with E-state index in [0.29, 0.717) is 41.8 Å². The Kier molecular flexibility index (Phi) is 5.64. The van der Waals surface area contributed by atoms with E-state index in [9.17, 15) is 4.79 Å². The predicted molar refractivity (Wildman–Crippen MR) is 135 cm³/mol. The van der Waals surface area contributed by atoms with Crippen LogP contribution >= 0.6 is 0 Å². The summed E-state index contributed by atoms with van der Waals surface area (Å²) in [4.78, 5) is 23.7. The van der Waals surface area contributed by atoms with Gasteiger partial charge in [-0.1, -0.05) is 48.5 Å². The third-order valence-corrected chi connectivity index (χ3v) is 6.73. The summed E-state index contributed by atoms with van der Waals surface area (Å²) in [6, 6.07) is 22.1. The van der Waals surface area contributed by atoms with Crippen molar-refractivity contribution >= 4 is 22.6 Å². The van der Waals surface area contributed by atoms with Crippen LogP contribution in [0.25, 0.3) is 22.0 Å². The smallest absolute Gasteiger partial charge is 0.227 e. The summed E-state index contributed by atoms with van der Waals surface area (Å²) in [7, 11) is 0. The van der Waals surface area contributed by atoms with Gasteiger partial charge in [0, 0.05) is 24.0 Å². The highest BCUT2D eigenvalue weighted by atomic mass is 19.1. The highest BCUT2D eigenvalue weighted by Gasteiger charge is 2.32. The average molecular weight is 467 g/mol. The van der Waals surface area contributed by atoms with E-state index in [0.717, 1.165) is 47.9 Å². The molecular weight excluding hydrogens is 439 g/mol. The van der Waals surface area contributed by atoms with Crippen molar-refractivity contribution in [2.24, 2.45) is 0 Å². The lowest BCUT2D eigenvalue weighted by atomic mass is 10.0. The lowest BCUT2D eigenvalue weighted by Crippen LogP contribution is -2.33. The van der Waals surface area contributed by atoms with E-state index < -0.39 is 0 Å². The lowest BCUT2D eigenvalue weighted by molar-refractivity contribution is -0.131. The molecule has 2 aliphatic rings. The summed E-state index contributed by atoms with van der Waals surface area (Å²) in [6.45, 7) is 0.553. The maximum absolute atomic E-state index is 15.0. The minimum absolute atomic E-state index is 0.147. The van der Waals surface area contributed by atoms with Gasteiger partial charge >= 0.3 is 0 Å². The van der Waals surface area contributed by atoms with Gasteiger partial charge in [0.2, 0.25) is 5.91 Å². The second kappa shape index (κ2) is 9.10. The number of benzene rings is 3. The number of fused-ring (bicyclic) bond motifs is 1. The molecule has 0 bridgehead atoms. The Bertz CT molecular complexity index is 1380. The minimum Gasteiger partial charge on any atom is -0.367 e. The van der Waals surface area contributed by atoms with Crippen LogP contribution < -0.4 is 5.32 Å². The highest BCUT2D eigenvalue weighted by Crippen LogP contribution is 2.33. The Labute approximate surface area is 204 Å². The van der Waals surface area contributed by atoms with Crippen LogP contribution in [0.3, 0.4) is 0 Å². The van der Waals surface area contributed by atoms with Crippen molar-refractivity contribution in [1.82, 2.24) is 14.9 Å². The second-order valence-electron chi connectivity index (χ2n) is 9.61. The van der Waals surface area contributed by atoms with E-state index >= 15 is 4.39 Å². The number of nitrogens with zero attached hydrogens (tertiary/aromatic N) is 3. The minimum atomic E-state index is -0.359. The van der Waals surface area contributed by atoms with Crippen molar-refractivity contribution in [3.05, 3.63) is 90.0 Å². The summed E-state index contributed by atoms with van der Waals surface area (Å²) >= 11 is 0. The Hall–Kier alpha value is -3.80. The van der Waals surface area contributed by atoms with Gasteiger partial charge in [-0.25, -0.2) is 14.4 Å². The molecule has 1 aromatic heterocycles. The predicted octanol–water partition coefficient (Wildman–Crippen LogP) is 5.74. The molecule has 0 atom stereocenters. The third-order valence-electron chi connectivity index (χ3n) is 6.73. The van der Waals surface area contributed by atoms with Gasteiger partial charge in [0.15, 0.2) is 0 Å². The SMILES string of the molecule is O=C(Cc1ccccc1)N(Cc1cccc(-c2cc(F)c3ncnc(NC4CC4)c3c2)c1)C1CC1. The zero-order valence-electron chi connectivity index (χ0n) is 19.5. The summed E-state index contributed by atoms with van der Waals surface area (Å²) in [5.74, 6) is 0.469. The van der Waals surface area contributed by atoms with E-state index in [4.69, 9.17) is 0 Å². The van der Waals surface area contributed by atoms with Gasteiger partial charge in [-0.15, -0.1) is 0 Å². The molecule has 0 spiro atoms. The van der Waals surface area contributed by atoms with Crippen LogP contribution in [0.2, 0.25) is 0 Å². The molecule has 2 aliphatic carbocycles. The maximum atomic E-state index is 15.0. The number of nitrogens with one attached hydrogen (secondary N) is 1. The molecule has 0 aliphatic heterocycles. The Morgan fingerprint density at radius 3 is 2.49 bits per heavy atom. The van der Waals surface area contributed by atoms with Crippen LogP contribution in [0.15, 0.2) is 73.1 Å². The molecule has 176 valence electrons. The first-order valence-corrected chi connectivity index (χ1v) is 12.3. The van der Waals surface area contributed by atoms with Crippen LogP contribution in [0.4, 0.5) is 10.2 Å². The maximum Gasteiger partial charge on any atom is 0.227 e. The molecule has 4 aromatic rings. The molecule has 6 heteroatoms. The molecular formula is C29H27FN4O. The van der Waals surface area contributed by atoms with Gasteiger partial charge in [0.05, 0.1) is 6.42 Å². The number of aromatic nitrogens is 2. The lowest BCUT2D eigenvalue weighted by Gasteiger charge is -2.23. The molecule has 2 saturated carbocycles. The van der Waals surface area contributed by atoms with E-state index in [1.807, 2.05) is 59.5 Å². The van der Waals surface area contributed by atoms with E-state index in [1.54, 1.807) is 0 Å². The number of carbonyl (C=O) groups is 1. The van der Waals surface area contributed by atoms with Crippen LogP contribution in [0.5, 0.6) is 0 Å². The fourth-order valence-electron chi connectivity index (χ4n) is 4.55. The first-order valence-electron chi connectivity index (χ1n) is 12.3. The van der Waals surface area contributed by atoms with Gasteiger partial charge in [0.1, 0.15) is 23.5 Å². The van der Waals surface area contributed by atoms with E-state index in [2.05, 4.69) is 21.4 Å². The zero-order chi connectivity index (χ0) is 23.8. The fourth-order valence-corrected chi connectivity index (χ4v) is 4.55. The number of hydrogen-bond acceptors (Lipinski definition) is 4. The van der Waals surface area contributed by atoms with E-state index in [-0.39, 0.29) is 11.7 Å². The molecule has 35 heavy (non-hydrogen) atoms. The van der Waals surface area contributed by atoms with Crippen LogP contribution in [-0.2, 0) is 17.8 Å². The third kappa shape index (κ3) is 4.87. The van der Waals surface area contributed by atoms with Crippen molar-refractivity contribution in [3.63, 3.8) is 0 Å². The van der Waals surface area contributed by atoms with Gasteiger partial charge < -0.3 is 10.2 Å². The van der Waals surface area contributed by atoms with Crippen molar-refractivity contribution in [2.45, 2.75) is 50.7 Å². The molecule has 1 heterocycles. The van der Waals surface area contributed by atoms with Crippen molar-refractivity contribution < 1.29 is 9.18 Å². The molecule has 0 radical (unpaired) electrons. The van der Waals surface area contributed by atoms with Crippen molar-refractivity contribution in [1.29, 1.82) is 0 Å². The first-order chi connectivity index (χ1) is 17.1. The van der Waals surface area contributed by atoms with Gasteiger partial charge in [-0.3, -0.25) is 4.79 Å². The number of rotatable bonds is 8. The number of amides is 1. The fraction of sp³-hybridized carbons (Fsp3) is 0.276. The molecule has 2 fully saturated rings. The Morgan fingerprint density at radius 1 is 0.914 bits per heavy atom. The van der Waals surface area contributed by atoms with Crippen molar-refractivity contribution in [3.8, 4) is 11.1 Å². The second-order valence-corrected chi connectivity index (χ2v) is 9.61. The molecule has 0 unspecified atom stereocenters.